The summed E-state index contributed by atoms with van der Waals surface area (Å²) in [6.45, 7) is 1.61. The van der Waals surface area contributed by atoms with E-state index in [9.17, 15) is 22.4 Å². The van der Waals surface area contributed by atoms with Crippen molar-refractivity contribution in [2.24, 2.45) is 5.73 Å². The van der Waals surface area contributed by atoms with Crippen molar-refractivity contribution in [2.75, 3.05) is 19.6 Å². The van der Waals surface area contributed by atoms with Crippen LogP contribution >= 0.6 is 0 Å². The lowest BCUT2D eigenvalue weighted by molar-refractivity contribution is -0.138. The Kier molecular flexibility index (Phi) is 5.32. The summed E-state index contributed by atoms with van der Waals surface area (Å²) in [4.78, 5) is 14.6. The molecule has 1 atom stereocenters. The van der Waals surface area contributed by atoms with Crippen LogP contribution in [0.4, 0.5) is 17.6 Å². The molecule has 1 amide bonds. The quantitative estimate of drug-likeness (QED) is 0.747. The van der Waals surface area contributed by atoms with Gasteiger partial charge in [-0.3, -0.25) is 9.69 Å². The number of rotatable bonds is 4. The van der Waals surface area contributed by atoms with Gasteiger partial charge in [-0.1, -0.05) is 24.3 Å². The lowest BCUT2D eigenvalue weighted by Gasteiger charge is -2.44. The van der Waals surface area contributed by atoms with Crippen LogP contribution in [0, 0.1) is 5.82 Å². The molecule has 0 radical (unpaired) electrons. The monoisotopic (exact) mass is 421 g/mol. The van der Waals surface area contributed by atoms with E-state index in [0.29, 0.717) is 38.5 Å². The van der Waals surface area contributed by atoms with Crippen LogP contribution in [0.15, 0.2) is 42.5 Å². The smallest absolute Gasteiger partial charge is 0.368 e. The van der Waals surface area contributed by atoms with Gasteiger partial charge >= 0.3 is 6.18 Å². The van der Waals surface area contributed by atoms with Crippen molar-refractivity contribution in [3.63, 3.8) is 0 Å². The van der Waals surface area contributed by atoms with Crippen molar-refractivity contribution in [3.05, 3.63) is 70.5 Å². The van der Waals surface area contributed by atoms with Crippen LogP contribution in [0.1, 0.15) is 22.3 Å². The maximum absolute atomic E-state index is 13.8. The molecule has 0 aromatic heterocycles. The lowest BCUT2D eigenvalue weighted by Crippen LogP contribution is -2.65. The van der Waals surface area contributed by atoms with E-state index in [0.717, 1.165) is 23.3 Å². The first-order chi connectivity index (χ1) is 14.2. The van der Waals surface area contributed by atoms with Gasteiger partial charge in [-0.25, -0.2) is 4.39 Å². The molecule has 4 nitrogen and oxygen atoms in total. The zero-order chi connectivity index (χ0) is 21.5. The first kappa shape index (κ1) is 20.8. The SMILES string of the molecule is NC(=O)C1(N2CCNC(Cc3cc(F)cc(C(F)(F)F)c3)C2)Cc2ccccc2C1. The van der Waals surface area contributed by atoms with Gasteiger partial charge < -0.3 is 11.1 Å². The number of benzene rings is 2. The molecule has 0 bridgehead atoms. The van der Waals surface area contributed by atoms with Gasteiger partial charge in [-0.05, 0) is 41.3 Å². The van der Waals surface area contributed by atoms with Crippen molar-refractivity contribution >= 4 is 5.91 Å². The third-order valence-electron chi connectivity index (χ3n) is 6.17. The number of halogens is 4. The van der Waals surface area contributed by atoms with Crippen molar-refractivity contribution in [3.8, 4) is 0 Å². The first-order valence-electron chi connectivity index (χ1n) is 9.89. The van der Waals surface area contributed by atoms with E-state index < -0.39 is 29.0 Å². The van der Waals surface area contributed by atoms with Gasteiger partial charge in [-0.15, -0.1) is 0 Å². The molecule has 2 aromatic carbocycles. The van der Waals surface area contributed by atoms with Crippen molar-refractivity contribution in [2.45, 2.75) is 37.0 Å². The molecule has 0 saturated carbocycles. The summed E-state index contributed by atoms with van der Waals surface area (Å²) in [6, 6.07) is 10.2. The Balaban J connectivity index is 1.54. The molecule has 2 aliphatic rings. The number of hydrogen-bond donors (Lipinski definition) is 2. The Morgan fingerprint density at radius 2 is 1.83 bits per heavy atom. The summed E-state index contributed by atoms with van der Waals surface area (Å²) in [5, 5.41) is 3.28. The molecule has 1 heterocycles. The number of nitrogens with zero attached hydrogens (tertiary/aromatic N) is 1. The number of hydrogen-bond acceptors (Lipinski definition) is 3. The minimum Gasteiger partial charge on any atom is -0.368 e. The molecule has 8 heteroatoms. The average molecular weight is 421 g/mol. The second-order valence-corrected chi connectivity index (χ2v) is 8.17. The first-order valence-corrected chi connectivity index (χ1v) is 9.89. The van der Waals surface area contributed by atoms with Crippen LogP contribution in [0.2, 0.25) is 0 Å². The molecular formula is C22H23F4N3O. The van der Waals surface area contributed by atoms with Gasteiger partial charge in [0.15, 0.2) is 0 Å². The minimum atomic E-state index is -4.60. The van der Waals surface area contributed by atoms with E-state index in [1.807, 2.05) is 29.2 Å². The Morgan fingerprint density at radius 1 is 1.17 bits per heavy atom. The molecule has 160 valence electrons. The van der Waals surface area contributed by atoms with E-state index in [2.05, 4.69) is 5.32 Å². The zero-order valence-corrected chi connectivity index (χ0v) is 16.3. The maximum Gasteiger partial charge on any atom is 0.416 e. The van der Waals surface area contributed by atoms with Crippen molar-refractivity contribution < 1.29 is 22.4 Å². The highest BCUT2D eigenvalue weighted by atomic mass is 19.4. The molecule has 1 aliphatic heterocycles. The minimum absolute atomic E-state index is 0.221. The van der Waals surface area contributed by atoms with Gasteiger partial charge in [0.1, 0.15) is 11.4 Å². The molecule has 3 N–H and O–H groups in total. The molecule has 30 heavy (non-hydrogen) atoms. The van der Waals surface area contributed by atoms with Crippen molar-refractivity contribution in [1.29, 1.82) is 0 Å². The Bertz CT molecular complexity index is 935. The summed E-state index contributed by atoms with van der Waals surface area (Å²) in [6.07, 6.45) is -3.35. The largest absolute Gasteiger partial charge is 0.416 e. The summed E-state index contributed by atoms with van der Waals surface area (Å²) >= 11 is 0. The summed E-state index contributed by atoms with van der Waals surface area (Å²) in [5.41, 5.74) is 6.46. The number of amides is 1. The van der Waals surface area contributed by atoms with Crippen LogP contribution in [0.5, 0.6) is 0 Å². The molecule has 4 rings (SSSR count). The zero-order valence-electron chi connectivity index (χ0n) is 16.3. The van der Waals surface area contributed by atoms with Crippen LogP contribution in [-0.4, -0.2) is 42.0 Å². The molecule has 1 saturated heterocycles. The van der Waals surface area contributed by atoms with Gasteiger partial charge in [0, 0.05) is 38.5 Å². The highest BCUT2D eigenvalue weighted by Crippen LogP contribution is 2.36. The van der Waals surface area contributed by atoms with Gasteiger partial charge in [0.2, 0.25) is 5.91 Å². The van der Waals surface area contributed by atoms with E-state index in [1.54, 1.807) is 0 Å². The van der Waals surface area contributed by atoms with E-state index in [-0.39, 0.29) is 18.0 Å². The highest BCUT2D eigenvalue weighted by molar-refractivity contribution is 5.86. The lowest BCUT2D eigenvalue weighted by atomic mass is 9.90. The number of piperazine rings is 1. The maximum atomic E-state index is 13.8. The number of primary amides is 1. The fourth-order valence-electron chi connectivity index (χ4n) is 4.72. The second-order valence-electron chi connectivity index (χ2n) is 8.17. The second kappa shape index (κ2) is 7.67. The predicted molar refractivity (Wildman–Crippen MR) is 104 cm³/mol. The van der Waals surface area contributed by atoms with Crippen LogP contribution < -0.4 is 11.1 Å². The fraction of sp³-hybridized carbons (Fsp3) is 0.409. The average Bonchev–Trinajstić information content (AvgIpc) is 3.08. The van der Waals surface area contributed by atoms with Crippen LogP contribution in [-0.2, 0) is 30.2 Å². The van der Waals surface area contributed by atoms with Gasteiger partial charge in [0.25, 0.3) is 0 Å². The standard InChI is InChI=1S/C22H23F4N3O/c23-18-8-14(7-17(10-18)22(24,25)26)9-19-13-29(6-5-28-19)21(20(27)30)11-15-3-1-2-4-16(15)12-21/h1-4,7-8,10,19,28H,5-6,9,11-13H2,(H2,27,30). The van der Waals surface area contributed by atoms with Crippen molar-refractivity contribution in [1.82, 2.24) is 10.2 Å². The Labute approximate surface area is 172 Å². The van der Waals surface area contributed by atoms with Gasteiger partial charge in [0.05, 0.1) is 5.56 Å². The molecule has 1 fully saturated rings. The third kappa shape index (κ3) is 3.94. The Morgan fingerprint density at radius 3 is 2.43 bits per heavy atom. The van der Waals surface area contributed by atoms with E-state index >= 15 is 0 Å². The molecule has 1 aliphatic carbocycles. The molecule has 1 unspecified atom stereocenters. The van der Waals surface area contributed by atoms with Crippen LogP contribution in [0.25, 0.3) is 0 Å². The van der Waals surface area contributed by atoms with Gasteiger partial charge in [-0.2, -0.15) is 13.2 Å². The fourth-order valence-corrected chi connectivity index (χ4v) is 4.72. The van der Waals surface area contributed by atoms with E-state index in [4.69, 9.17) is 5.73 Å². The highest BCUT2D eigenvalue weighted by Gasteiger charge is 2.48. The number of alkyl halides is 3. The number of carbonyl (C=O) groups excluding carboxylic acids is 1. The summed E-state index contributed by atoms with van der Waals surface area (Å²) in [7, 11) is 0. The Hall–Kier alpha value is -2.45. The number of nitrogens with two attached hydrogens (primary N) is 1. The predicted octanol–water partition coefficient (Wildman–Crippen LogP) is 2.68. The molecular weight excluding hydrogens is 398 g/mol. The molecule has 2 aromatic rings. The summed E-state index contributed by atoms with van der Waals surface area (Å²) in [5.74, 6) is -1.31. The topological polar surface area (TPSA) is 58.4 Å². The molecule has 0 spiro atoms. The van der Waals surface area contributed by atoms with E-state index in [1.165, 1.54) is 0 Å². The summed E-state index contributed by atoms with van der Waals surface area (Å²) < 4.78 is 52.8. The third-order valence-corrected chi connectivity index (χ3v) is 6.17. The van der Waals surface area contributed by atoms with Crippen LogP contribution in [0.3, 0.4) is 0 Å². The number of nitrogens with one attached hydrogen (secondary N) is 1. The number of fused-ring (bicyclic) bond motifs is 1. The normalized spacial score (nSPS) is 21.4. The number of carbonyl (C=O) groups is 1.